The molecule has 0 radical (unpaired) electrons. The minimum Gasteiger partial charge on any atom is -0.346 e. The summed E-state index contributed by atoms with van der Waals surface area (Å²) in [5.41, 5.74) is 0. The second-order valence-corrected chi connectivity index (χ2v) is 6.88. The highest BCUT2D eigenvalue weighted by Gasteiger charge is 2.29. The molecule has 23 heavy (non-hydrogen) atoms. The van der Waals surface area contributed by atoms with E-state index in [-0.39, 0.29) is 0 Å². The Kier molecular flexibility index (Phi) is 5.69. The third-order valence-corrected chi connectivity index (χ3v) is 4.84. The first-order valence-electron chi connectivity index (χ1n) is 6.80. The summed E-state index contributed by atoms with van der Waals surface area (Å²) in [6.07, 6.45) is -4.42. The maximum atomic E-state index is 12.1. The molecule has 0 aliphatic rings. The lowest BCUT2D eigenvalue weighted by atomic mass is 10.4. The van der Waals surface area contributed by atoms with E-state index >= 15 is 0 Å². The fourth-order valence-corrected chi connectivity index (χ4v) is 3.45. The van der Waals surface area contributed by atoms with Crippen molar-refractivity contribution in [1.82, 2.24) is 20.1 Å². The van der Waals surface area contributed by atoms with Crippen LogP contribution in [0.3, 0.4) is 0 Å². The molecule has 126 valence electrons. The highest BCUT2D eigenvalue weighted by molar-refractivity contribution is 8.00. The molecule has 1 unspecified atom stereocenters. The van der Waals surface area contributed by atoms with Crippen molar-refractivity contribution in [2.24, 2.45) is 0 Å². The minimum atomic E-state index is -4.42. The molecule has 2 aromatic heterocycles. The van der Waals surface area contributed by atoms with Crippen molar-refractivity contribution >= 4 is 29.0 Å². The molecule has 1 amide bonds. The second-order valence-electron chi connectivity index (χ2n) is 4.62. The molecule has 0 fully saturated rings. The van der Waals surface area contributed by atoms with Gasteiger partial charge in [0.2, 0.25) is 5.91 Å². The van der Waals surface area contributed by atoms with Crippen LogP contribution in [0.2, 0.25) is 0 Å². The van der Waals surface area contributed by atoms with Crippen LogP contribution in [0.5, 0.6) is 0 Å². The Balaban J connectivity index is 2.06. The molecule has 2 heterocycles. The van der Waals surface area contributed by atoms with Crippen LogP contribution in [-0.2, 0) is 11.3 Å². The maximum absolute atomic E-state index is 12.1. The SMILES string of the molecule is CCn1c(SC(C)C(=O)NCC(F)(F)F)nnc1-c1cccs1. The lowest BCUT2D eigenvalue weighted by Gasteiger charge is -2.13. The van der Waals surface area contributed by atoms with Gasteiger partial charge in [0.25, 0.3) is 0 Å². The van der Waals surface area contributed by atoms with Crippen LogP contribution in [0.25, 0.3) is 10.7 Å². The Hall–Kier alpha value is -1.55. The van der Waals surface area contributed by atoms with Gasteiger partial charge in [-0.1, -0.05) is 17.8 Å². The summed E-state index contributed by atoms with van der Waals surface area (Å²) in [5, 5.41) is 11.8. The molecule has 10 heteroatoms. The van der Waals surface area contributed by atoms with Crippen molar-refractivity contribution in [3.8, 4) is 10.7 Å². The number of hydrogen-bond donors (Lipinski definition) is 1. The molecule has 0 saturated carbocycles. The van der Waals surface area contributed by atoms with E-state index in [1.54, 1.807) is 0 Å². The number of alkyl halides is 3. The van der Waals surface area contributed by atoms with E-state index < -0.39 is 23.9 Å². The van der Waals surface area contributed by atoms with E-state index in [1.165, 1.54) is 18.3 Å². The molecule has 0 spiro atoms. The van der Waals surface area contributed by atoms with Crippen molar-refractivity contribution < 1.29 is 18.0 Å². The van der Waals surface area contributed by atoms with E-state index in [4.69, 9.17) is 0 Å². The minimum absolute atomic E-state index is 0.505. The average molecular weight is 364 g/mol. The molecule has 0 aliphatic carbocycles. The van der Waals surface area contributed by atoms with Crippen LogP contribution in [0, 0.1) is 0 Å². The largest absolute Gasteiger partial charge is 0.405 e. The normalized spacial score (nSPS) is 13.1. The standard InChI is InChI=1S/C13H15F3N4OS2/c1-3-20-10(9-5-4-6-22-9)18-19-12(20)23-8(2)11(21)17-7-13(14,15)16/h4-6,8H,3,7H2,1-2H3,(H,17,21). The molecule has 5 nitrogen and oxygen atoms in total. The number of rotatable bonds is 6. The van der Waals surface area contributed by atoms with Gasteiger partial charge >= 0.3 is 6.18 Å². The van der Waals surface area contributed by atoms with Crippen molar-refractivity contribution in [3.05, 3.63) is 17.5 Å². The molecule has 0 saturated heterocycles. The summed E-state index contributed by atoms with van der Waals surface area (Å²) in [6.45, 7) is 2.71. The smallest absolute Gasteiger partial charge is 0.346 e. The number of thiophene rings is 1. The van der Waals surface area contributed by atoms with E-state index in [2.05, 4.69) is 10.2 Å². The molecule has 0 aromatic carbocycles. The predicted molar refractivity (Wildman–Crippen MR) is 83.4 cm³/mol. The fourth-order valence-electron chi connectivity index (χ4n) is 1.79. The van der Waals surface area contributed by atoms with Crippen molar-refractivity contribution in [2.45, 2.75) is 37.0 Å². The van der Waals surface area contributed by atoms with E-state index in [0.29, 0.717) is 17.5 Å². The molecule has 1 atom stereocenters. The topological polar surface area (TPSA) is 59.8 Å². The second kappa shape index (κ2) is 7.35. The summed E-state index contributed by atoms with van der Waals surface area (Å²) in [5.74, 6) is 0.00329. The highest BCUT2D eigenvalue weighted by atomic mass is 32.2. The van der Waals surface area contributed by atoms with Crippen molar-refractivity contribution in [1.29, 1.82) is 0 Å². The first-order chi connectivity index (χ1) is 10.8. The third-order valence-electron chi connectivity index (χ3n) is 2.89. The van der Waals surface area contributed by atoms with Gasteiger partial charge in [-0.2, -0.15) is 13.2 Å². The first kappa shape index (κ1) is 17.8. The Morgan fingerprint density at radius 2 is 2.22 bits per heavy atom. The predicted octanol–water partition coefficient (Wildman–Crippen LogP) is 3.19. The number of halogens is 3. The van der Waals surface area contributed by atoms with Gasteiger partial charge in [-0.05, 0) is 25.3 Å². The number of aromatic nitrogens is 3. The quantitative estimate of drug-likeness (QED) is 0.800. The Morgan fingerprint density at radius 3 is 2.78 bits per heavy atom. The zero-order chi connectivity index (χ0) is 17.0. The summed E-state index contributed by atoms with van der Waals surface area (Å²) >= 11 is 2.60. The summed E-state index contributed by atoms with van der Waals surface area (Å²) < 4.78 is 38.3. The van der Waals surface area contributed by atoms with Gasteiger partial charge in [0.05, 0.1) is 10.1 Å². The summed E-state index contributed by atoms with van der Waals surface area (Å²) in [4.78, 5) is 12.7. The van der Waals surface area contributed by atoms with Gasteiger partial charge < -0.3 is 9.88 Å². The molecular formula is C13H15F3N4OS2. The zero-order valence-electron chi connectivity index (χ0n) is 12.4. The van der Waals surface area contributed by atoms with Gasteiger partial charge in [0, 0.05) is 6.54 Å². The van der Waals surface area contributed by atoms with Crippen LogP contribution in [0.15, 0.2) is 22.7 Å². The van der Waals surface area contributed by atoms with Crippen molar-refractivity contribution in [3.63, 3.8) is 0 Å². The number of carbonyl (C=O) groups excluding carboxylic acids is 1. The number of carbonyl (C=O) groups is 1. The average Bonchev–Trinajstić information content (AvgIpc) is 3.12. The van der Waals surface area contributed by atoms with Gasteiger partial charge in [-0.15, -0.1) is 21.5 Å². The molecule has 2 aromatic rings. The summed E-state index contributed by atoms with van der Waals surface area (Å²) in [6, 6.07) is 3.81. The van der Waals surface area contributed by atoms with E-state index in [9.17, 15) is 18.0 Å². The third kappa shape index (κ3) is 4.71. The molecule has 2 rings (SSSR count). The van der Waals surface area contributed by atoms with E-state index in [1.807, 2.05) is 34.3 Å². The fraction of sp³-hybridized carbons (Fsp3) is 0.462. The molecule has 0 aliphatic heterocycles. The highest BCUT2D eigenvalue weighted by Crippen LogP contribution is 2.29. The van der Waals surface area contributed by atoms with Crippen LogP contribution in [0.1, 0.15) is 13.8 Å². The number of amides is 1. The number of thioether (sulfide) groups is 1. The lowest BCUT2D eigenvalue weighted by molar-refractivity contribution is -0.137. The lowest BCUT2D eigenvalue weighted by Crippen LogP contribution is -2.38. The van der Waals surface area contributed by atoms with Gasteiger partial charge in [0.1, 0.15) is 6.54 Å². The maximum Gasteiger partial charge on any atom is 0.405 e. The zero-order valence-corrected chi connectivity index (χ0v) is 14.1. The Bertz CT molecular complexity index is 655. The van der Waals surface area contributed by atoms with E-state index in [0.717, 1.165) is 16.6 Å². The number of nitrogens with zero attached hydrogens (tertiary/aromatic N) is 3. The van der Waals surface area contributed by atoms with Crippen LogP contribution >= 0.6 is 23.1 Å². The van der Waals surface area contributed by atoms with Crippen LogP contribution < -0.4 is 5.32 Å². The van der Waals surface area contributed by atoms with Crippen LogP contribution in [-0.4, -0.2) is 38.6 Å². The molecular weight excluding hydrogens is 349 g/mol. The van der Waals surface area contributed by atoms with Gasteiger partial charge in [-0.25, -0.2) is 0 Å². The monoisotopic (exact) mass is 364 g/mol. The number of nitrogens with one attached hydrogen (secondary N) is 1. The Labute approximate surface area is 139 Å². The van der Waals surface area contributed by atoms with Crippen LogP contribution in [0.4, 0.5) is 13.2 Å². The molecule has 1 N–H and O–H groups in total. The van der Waals surface area contributed by atoms with Gasteiger partial charge in [0.15, 0.2) is 11.0 Å². The van der Waals surface area contributed by atoms with Crippen molar-refractivity contribution in [2.75, 3.05) is 6.54 Å². The Morgan fingerprint density at radius 1 is 1.48 bits per heavy atom. The number of hydrogen-bond acceptors (Lipinski definition) is 5. The molecule has 0 bridgehead atoms. The first-order valence-corrected chi connectivity index (χ1v) is 8.56. The summed E-state index contributed by atoms with van der Waals surface area (Å²) in [7, 11) is 0. The van der Waals surface area contributed by atoms with Gasteiger partial charge in [-0.3, -0.25) is 4.79 Å².